The highest BCUT2D eigenvalue weighted by Gasteiger charge is 2.18. The number of carbonyl (C=O) groups is 1. The summed E-state index contributed by atoms with van der Waals surface area (Å²) in [6.07, 6.45) is 3.43. The number of fused-ring (bicyclic) bond motifs is 1. The highest BCUT2D eigenvalue weighted by molar-refractivity contribution is 7.18. The van der Waals surface area contributed by atoms with Crippen LogP contribution in [0.15, 0.2) is 35.5 Å². The number of halogens is 4. The second-order valence-electron chi connectivity index (χ2n) is 7.17. The van der Waals surface area contributed by atoms with Crippen LogP contribution in [0.1, 0.15) is 27.5 Å². The summed E-state index contributed by atoms with van der Waals surface area (Å²) >= 11 is 7.23. The third-order valence-corrected chi connectivity index (χ3v) is 6.26. The zero-order valence-corrected chi connectivity index (χ0v) is 18.0. The molecule has 0 aliphatic carbocycles. The van der Waals surface area contributed by atoms with E-state index in [0.29, 0.717) is 14.5 Å². The van der Waals surface area contributed by atoms with Gasteiger partial charge in [-0.2, -0.15) is 0 Å². The van der Waals surface area contributed by atoms with Gasteiger partial charge in [0.2, 0.25) is 0 Å². The van der Waals surface area contributed by atoms with E-state index >= 15 is 0 Å². The molecule has 1 aliphatic heterocycles. The first-order valence-electron chi connectivity index (χ1n) is 9.60. The van der Waals surface area contributed by atoms with E-state index in [1.165, 1.54) is 6.07 Å². The average Bonchev–Trinajstić information content (AvgIpc) is 3.35. The number of aromatic nitrogens is 3. The van der Waals surface area contributed by atoms with E-state index in [2.05, 4.69) is 26.7 Å². The van der Waals surface area contributed by atoms with Crippen LogP contribution in [0.4, 0.5) is 18.9 Å². The van der Waals surface area contributed by atoms with Crippen LogP contribution >= 0.6 is 22.9 Å². The molecule has 0 radical (unpaired) electrons. The van der Waals surface area contributed by atoms with Crippen LogP contribution in [0.25, 0.3) is 0 Å². The number of nitrogens with one attached hydrogen (secondary N) is 1. The third kappa shape index (κ3) is 4.89. The third-order valence-electron chi connectivity index (χ3n) is 4.91. The number of carbonyl (C=O) groups excluding carboxylic acids is 1. The molecule has 3 aromatic heterocycles. The number of pyridine rings is 1. The minimum absolute atomic E-state index is 0.122. The summed E-state index contributed by atoms with van der Waals surface area (Å²) in [4.78, 5) is 28.7. The summed E-state index contributed by atoms with van der Waals surface area (Å²) < 4.78 is 41.9. The molecule has 0 fully saturated rings. The van der Waals surface area contributed by atoms with Gasteiger partial charge in [0.05, 0.1) is 22.7 Å². The van der Waals surface area contributed by atoms with E-state index in [9.17, 15) is 22.8 Å². The monoisotopic (exact) mass is 480 g/mol. The van der Waals surface area contributed by atoms with E-state index in [4.69, 9.17) is 11.6 Å². The van der Waals surface area contributed by atoms with Gasteiger partial charge in [0.15, 0.2) is 5.82 Å². The molecule has 0 aromatic carbocycles. The second-order valence-corrected chi connectivity index (χ2v) is 8.83. The Labute approximate surface area is 189 Å². The quantitative estimate of drug-likeness (QED) is 0.573. The molecule has 1 aliphatic rings. The summed E-state index contributed by atoms with van der Waals surface area (Å²) in [6, 6.07) is 2.30. The number of rotatable bonds is 4. The van der Waals surface area contributed by atoms with E-state index < -0.39 is 30.3 Å². The Bertz CT molecular complexity index is 1290. The zero-order chi connectivity index (χ0) is 22.8. The summed E-state index contributed by atoms with van der Waals surface area (Å²) in [5.74, 6) is 5.43. The zero-order valence-electron chi connectivity index (χ0n) is 16.4. The number of amides is 1. The van der Waals surface area contributed by atoms with Gasteiger partial charge in [-0.25, -0.2) is 18.2 Å². The molecule has 0 saturated carbocycles. The Morgan fingerprint density at radius 1 is 1.41 bits per heavy atom. The van der Waals surface area contributed by atoms with Crippen molar-refractivity contribution in [2.24, 2.45) is 5.92 Å². The first kappa shape index (κ1) is 22.2. The van der Waals surface area contributed by atoms with Crippen LogP contribution in [0.5, 0.6) is 0 Å². The number of aryl methyl sites for hydroxylation is 1. The number of hydrogen-bond donors (Lipinski definition) is 1. The fraction of sp³-hybridized carbons (Fsp3) is 0.286. The van der Waals surface area contributed by atoms with Crippen molar-refractivity contribution in [3.63, 3.8) is 0 Å². The maximum Gasteiger partial charge on any atom is 0.286 e. The largest absolute Gasteiger partial charge is 0.335 e. The SMILES string of the molecule is O=C(Nc1cc(F)c(=O)n(CC(F)F)c1)c1cc(C#CC2CCn3ccnc3C2)c(Cl)s1. The van der Waals surface area contributed by atoms with Crippen LogP contribution in [0.3, 0.4) is 0 Å². The molecule has 4 heterocycles. The first-order chi connectivity index (χ1) is 15.3. The standard InChI is InChI=1S/C21H16ClF3N4O2S/c22-19-13(2-1-12-3-5-28-6-4-26-18(28)7-12)8-16(32-19)20(30)27-14-9-15(23)21(31)29(10-14)11-17(24)25/h4,6,8-10,12,17H,3,5,7,11H2,(H,27,30). The van der Waals surface area contributed by atoms with Crippen LogP contribution in [-0.4, -0.2) is 26.5 Å². The van der Waals surface area contributed by atoms with Crippen LogP contribution in [0, 0.1) is 23.6 Å². The molecular formula is C21H16ClF3N4O2S. The lowest BCUT2D eigenvalue weighted by Gasteiger charge is -2.18. The van der Waals surface area contributed by atoms with Gasteiger partial charge in [-0.1, -0.05) is 23.4 Å². The Morgan fingerprint density at radius 2 is 2.22 bits per heavy atom. The lowest BCUT2D eigenvalue weighted by molar-refractivity contribution is 0.103. The molecule has 1 atom stereocenters. The first-order valence-corrected chi connectivity index (χ1v) is 10.8. The van der Waals surface area contributed by atoms with Gasteiger partial charge in [0, 0.05) is 43.5 Å². The van der Waals surface area contributed by atoms with Gasteiger partial charge in [-0.05, 0) is 12.5 Å². The molecule has 0 spiro atoms. The van der Waals surface area contributed by atoms with Crippen molar-refractivity contribution < 1.29 is 18.0 Å². The normalized spacial score (nSPS) is 15.2. The van der Waals surface area contributed by atoms with Crippen molar-refractivity contribution in [1.29, 1.82) is 0 Å². The smallest absolute Gasteiger partial charge is 0.286 e. The van der Waals surface area contributed by atoms with E-state index in [1.54, 1.807) is 6.20 Å². The summed E-state index contributed by atoms with van der Waals surface area (Å²) in [5, 5.41) is 2.40. The van der Waals surface area contributed by atoms with Gasteiger partial charge in [0.25, 0.3) is 17.9 Å². The Kier molecular flexibility index (Phi) is 6.39. The van der Waals surface area contributed by atoms with Gasteiger partial charge < -0.3 is 14.5 Å². The molecule has 11 heteroatoms. The van der Waals surface area contributed by atoms with Crippen molar-refractivity contribution in [3.05, 3.63) is 67.5 Å². The Hall–Kier alpha value is -3.03. The number of anilines is 1. The lowest BCUT2D eigenvalue weighted by atomic mass is 9.98. The summed E-state index contributed by atoms with van der Waals surface area (Å²) in [5.41, 5.74) is -0.822. The number of alkyl halides is 2. The fourth-order valence-corrected chi connectivity index (χ4v) is 4.45. The molecule has 0 saturated heterocycles. The van der Waals surface area contributed by atoms with E-state index in [-0.39, 0.29) is 16.5 Å². The van der Waals surface area contributed by atoms with Crippen LogP contribution in [-0.2, 0) is 19.5 Å². The Morgan fingerprint density at radius 3 is 3.00 bits per heavy atom. The number of nitrogens with zero attached hydrogens (tertiary/aromatic N) is 3. The predicted octanol–water partition coefficient (Wildman–Crippen LogP) is 4.03. The molecule has 0 bridgehead atoms. The number of hydrogen-bond acceptors (Lipinski definition) is 4. The van der Waals surface area contributed by atoms with Gasteiger partial charge in [0.1, 0.15) is 10.2 Å². The van der Waals surface area contributed by atoms with Crippen LogP contribution < -0.4 is 10.9 Å². The highest BCUT2D eigenvalue weighted by atomic mass is 35.5. The van der Waals surface area contributed by atoms with E-state index in [1.807, 2.05) is 6.20 Å². The average molecular weight is 481 g/mol. The molecule has 166 valence electrons. The highest BCUT2D eigenvalue weighted by Crippen LogP contribution is 2.28. The minimum Gasteiger partial charge on any atom is -0.335 e. The van der Waals surface area contributed by atoms with E-state index in [0.717, 1.165) is 48.8 Å². The van der Waals surface area contributed by atoms with Crippen molar-refractivity contribution in [3.8, 4) is 11.8 Å². The molecule has 1 unspecified atom stereocenters. The predicted molar refractivity (Wildman–Crippen MR) is 115 cm³/mol. The minimum atomic E-state index is -2.85. The molecule has 32 heavy (non-hydrogen) atoms. The van der Waals surface area contributed by atoms with Gasteiger partial charge in [-0.15, -0.1) is 11.3 Å². The molecule has 3 aromatic rings. The topological polar surface area (TPSA) is 68.9 Å². The molecule has 1 N–H and O–H groups in total. The molecule has 1 amide bonds. The van der Waals surface area contributed by atoms with Crippen molar-refractivity contribution in [2.75, 3.05) is 5.32 Å². The van der Waals surface area contributed by atoms with Gasteiger partial charge >= 0.3 is 0 Å². The number of imidazole rings is 1. The lowest BCUT2D eigenvalue weighted by Crippen LogP contribution is -2.26. The maximum atomic E-state index is 13.8. The van der Waals surface area contributed by atoms with Gasteiger partial charge in [-0.3, -0.25) is 9.59 Å². The maximum absolute atomic E-state index is 13.8. The van der Waals surface area contributed by atoms with Crippen molar-refractivity contribution in [2.45, 2.75) is 32.4 Å². The number of thiophene rings is 1. The fourth-order valence-electron chi connectivity index (χ4n) is 3.36. The van der Waals surface area contributed by atoms with Crippen LogP contribution in [0.2, 0.25) is 4.34 Å². The summed E-state index contributed by atoms with van der Waals surface area (Å²) in [6.45, 7) is -0.143. The molecule has 4 rings (SSSR count). The van der Waals surface area contributed by atoms with Crippen molar-refractivity contribution in [1.82, 2.24) is 14.1 Å². The Balaban J connectivity index is 1.48. The second kappa shape index (κ2) is 9.22. The summed E-state index contributed by atoms with van der Waals surface area (Å²) in [7, 11) is 0. The molecular weight excluding hydrogens is 465 g/mol. The molecule has 6 nitrogen and oxygen atoms in total. The van der Waals surface area contributed by atoms with Crippen molar-refractivity contribution >= 4 is 34.5 Å².